The summed E-state index contributed by atoms with van der Waals surface area (Å²) < 4.78 is 6.80. The number of aromatic hydroxyl groups is 1. The summed E-state index contributed by atoms with van der Waals surface area (Å²) in [6.45, 7) is 6.58. The number of phenols is 1. The Kier molecular flexibility index (Phi) is 4.57. The SMILES string of the molecule is Cc1c(C(=O)OCC(C)C)nnn1Cc1ccc(O)cc1. The van der Waals surface area contributed by atoms with Gasteiger partial charge in [-0.2, -0.15) is 0 Å². The molecular weight excluding hydrogens is 270 g/mol. The molecule has 0 aliphatic carbocycles. The average Bonchev–Trinajstić information content (AvgIpc) is 2.80. The van der Waals surface area contributed by atoms with Gasteiger partial charge in [0.2, 0.25) is 0 Å². The Bertz CT molecular complexity index is 618. The number of nitrogens with zero attached hydrogens (tertiary/aromatic N) is 3. The van der Waals surface area contributed by atoms with Crippen LogP contribution in [0.3, 0.4) is 0 Å². The lowest BCUT2D eigenvalue weighted by Gasteiger charge is -2.06. The van der Waals surface area contributed by atoms with Crippen LogP contribution in [0.1, 0.15) is 35.6 Å². The second kappa shape index (κ2) is 6.39. The van der Waals surface area contributed by atoms with Crippen molar-refractivity contribution >= 4 is 5.97 Å². The molecule has 0 bridgehead atoms. The predicted molar refractivity (Wildman–Crippen MR) is 77.1 cm³/mol. The molecule has 0 spiro atoms. The van der Waals surface area contributed by atoms with E-state index < -0.39 is 5.97 Å². The molecule has 1 aromatic heterocycles. The van der Waals surface area contributed by atoms with Gasteiger partial charge in [0.15, 0.2) is 5.69 Å². The Morgan fingerprint density at radius 2 is 2.00 bits per heavy atom. The van der Waals surface area contributed by atoms with Gasteiger partial charge in [-0.15, -0.1) is 5.10 Å². The Morgan fingerprint density at radius 1 is 1.33 bits per heavy atom. The van der Waals surface area contributed by atoms with Gasteiger partial charge in [0, 0.05) is 0 Å². The summed E-state index contributed by atoms with van der Waals surface area (Å²) in [6.07, 6.45) is 0. The first-order valence-electron chi connectivity index (χ1n) is 6.82. The van der Waals surface area contributed by atoms with Crippen molar-refractivity contribution < 1.29 is 14.6 Å². The van der Waals surface area contributed by atoms with E-state index in [0.717, 1.165) is 5.56 Å². The Labute approximate surface area is 123 Å². The molecule has 112 valence electrons. The van der Waals surface area contributed by atoms with Crippen LogP contribution < -0.4 is 0 Å². The summed E-state index contributed by atoms with van der Waals surface area (Å²) in [4.78, 5) is 11.9. The normalized spacial score (nSPS) is 10.9. The lowest BCUT2D eigenvalue weighted by Crippen LogP contribution is -2.12. The third kappa shape index (κ3) is 3.81. The van der Waals surface area contributed by atoms with Crippen molar-refractivity contribution in [2.75, 3.05) is 6.61 Å². The number of esters is 1. The van der Waals surface area contributed by atoms with Gasteiger partial charge in [-0.25, -0.2) is 9.48 Å². The van der Waals surface area contributed by atoms with Gasteiger partial charge in [0.1, 0.15) is 5.75 Å². The van der Waals surface area contributed by atoms with E-state index in [1.54, 1.807) is 35.9 Å². The summed E-state index contributed by atoms with van der Waals surface area (Å²) in [5.74, 6) is 0.0477. The van der Waals surface area contributed by atoms with Crippen molar-refractivity contribution in [3.63, 3.8) is 0 Å². The zero-order valence-electron chi connectivity index (χ0n) is 12.4. The smallest absolute Gasteiger partial charge is 0.360 e. The van der Waals surface area contributed by atoms with Crippen molar-refractivity contribution in [3.8, 4) is 5.75 Å². The molecule has 0 radical (unpaired) electrons. The number of benzene rings is 1. The fourth-order valence-electron chi connectivity index (χ4n) is 1.78. The van der Waals surface area contributed by atoms with Crippen LogP contribution in [0.2, 0.25) is 0 Å². The van der Waals surface area contributed by atoms with Gasteiger partial charge in [-0.05, 0) is 30.5 Å². The van der Waals surface area contributed by atoms with E-state index in [2.05, 4.69) is 10.3 Å². The summed E-state index contributed by atoms with van der Waals surface area (Å²) in [5.41, 5.74) is 1.87. The highest BCUT2D eigenvalue weighted by atomic mass is 16.5. The maximum atomic E-state index is 11.9. The number of hydrogen-bond acceptors (Lipinski definition) is 5. The van der Waals surface area contributed by atoms with Crippen LogP contribution in [0.5, 0.6) is 5.75 Å². The van der Waals surface area contributed by atoms with Crippen molar-refractivity contribution in [2.24, 2.45) is 5.92 Å². The molecule has 0 fully saturated rings. The van der Waals surface area contributed by atoms with Gasteiger partial charge in [0.25, 0.3) is 0 Å². The molecule has 1 heterocycles. The summed E-state index contributed by atoms with van der Waals surface area (Å²) in [5, 5.41) is 17.1. The molecule has 0 saturated carbocycles. The molecule has 1 aromatic carbocycles. The summed E-state index contributed by atoms with van der Waals surface area (Å²) >= 11 is 0. The molecule has 1 N–H and O–H groups in total. The van der Waals surface area contributed by atoms with Crippen LogP contribution in [-0.2, 0) is 11.3 Å². The molecule has 0 unspecified atom stereocenters. The number of aromatic nitrogens is 3. The second-order valence-corrected chi connectivity index (χ2v) is 5.34. The molecular formula is C15H19N3O3. The minimum atomic E-state index is -0.446. The Morgan fingerprint density at radius 3 is 2.62 bits per heavy atom. The zero-order valence-corrected chi connectivity index (χ0v) is 12.4. The van der Waals surface area contributed by atoms with E-state index in [0.29, 0.717) is 18.8 Å². The van der Waals surface area contributed by atoms with Gasteiger partial charge in [0.05, 0.1) is 18.8 Å². The van der Waals surface area contributed by atoms with Gasteiger partial charge < -0.3 is 9.84 Å². The Balaban J connectivity index is 2.09. The largest absolute Gasteiger partial charge is 0.508 e. The minimum absolute atomic E-state index is 0.215. The minimum Gasteiger partial charge on any atom is -0.508 e. The van der Waals surface area contributed by atoms with E-state index in [-0.39, 0.29) is 17.4 Å². The first kappa shape index (κ1) is 15.0. The van der Waals surface area contributed by atoms with Crippen LogP contribution >= 0.6 is 0 Å². The lowest BCUT2D eigenvalue weighted by molar-refractivity contribution is 0.0451. The van der Waals surface area contributed by atoms with Crippen molar-refractivity contribution in [1.82, 2.24) is 15.0 Å². The summed E-state index contributed by atoms with van der Waals surface area (Å²) in [7, 11) is 0. The second-order valence-electron chi connectivity index (χ2n) is 5.34. The first-order chi connectivity index (χ1) is 9.97. The highest BCUT2D eigenvalue weighted by Gasteiger charge is 2.18. The topological polar surface area (TPSA) is 77.2 Å². The number of carbonyl (C=O) groups excluding carboxylic acids is 1. The molecule has 0 amide bonds. The van der Waals surface area contributed by atoms with E-state index >= 15 is 0 Å². The number of phenolic OH excluding ortho intramolecular Hbond substituents is 1. The third-order valence-corrected chi connectivity index (χ3v) is 2.99. The average molecular weight is 289 g/mol. The van der Waals surface area contributed by atoms with Crippen LogP contribution in [-0.4, -0.2) is 32.7 Å². The fourth-order valence-corrected chi connectivity index (χ4v) is 1.78. The number of hydrogen-bond donors (Lipinski definition) is 1. The Hall–Kier alpha value is -2.37. The highest BCUT2D eigenvalue weighted by molar-refractivity contribution is 5.88. The molecule has 6 nitrogen and oxygen atoms in total. The van der Waals surface area contributed by atoms with Crippen LogP contribution in [0.25, 0.3) is 0 Å². The van der Waals surface area contributed by atoms with Gasteiger partial charge >= 0.3 is 5.97 Å². The maximum absolute atomic E-state index is 11.9. The van der Waals surface area contributed by atoms with Crippen LogP contribution in [0.15, 0.2) is 24.3 Å². The standard InChI is InChI=1S/C15H19N3O3/c1-10(2)9-21-15(20)14-11(3)18(17-16-14)8-12-4-6-13(19)7-5-12/h4-7,10,19H,8-9H2,1-3H3. The van der Waals surface area contributed by atoms with Crippen LogP contribution in [0.4, 0.5) is 0 Å². The molecule has 0 aliphatic heterocycles. The number of rotatable bonds is 5. The molecule has 0 atom stereocenters. The van der Waals surface area contributed by atoms with Gasteiger partial charge in [-0.3, -0.25) is 0 Å². The van der Waals surface area contributed by atoms with Crippen molar-refractivity contribution in [1.29, 1.82) is 0 Å². The van der Waals surface area contributed by atoms with Crippen LogP contribution in [0, 0.1) is 12.8 Å². The first-order valence-corrected chi connectivity index (χ1v) is 6.82. The molecule has 2 rings (SSSR count). The fraction of sp³-hybridized carbons (Fsp3) is 0.400. The zero-order chi connectivity index (χ0) is 15.4. The highest BCUT2D eigenvalue weighted by Crippen LogP contribution is 2.13. The van der Waals surface area contributed by atoms with Gasteiger partial charge in [-0.1, -0.05) is 31.2 Å². The maximum Gasteiger partial charge on any atom is 0.360 e. The third-order valence-electron chi connectivity index (χ3n) is 2.99. The van der Waals surface area contributed by atoms with Crippen molar-refractivity contribution in [2.45, 2.75) is 27.3 Å². The van der Waals surface area contributed by atoms with E-state index in [9.17, 15) is 9.90 Å². The summed E-state index contributed by atoms with van der Waals surface area (Å²) in [6, 6.07) is 6.82. The molecule has 0 aliphatic rings. The molecule has 6 heteroatoms. The monoisotopic (exact) mass is 289 g/mol. The van der Waals surface area contributed by atoms with Crippen molar-refractivity contribution in [3.05, 3.63) is 41.2 Å². The number of ether oxygens (including phenoxy) is 1. The molecule has 0 saturated heterocycles. The number of carbonyl (C=O) groups is 1. The molecule has 21 heavy (non-hydrogen) atoms. The van der Waals surface area contributed by atoms with E-state index in [1.807, 2.05) is 13.8 Å². The molecule has 2 aromatic rings. The van der Waals surface area contributed by atoms with E-state index in [1.165, 1.54) is 0 Å². The quantitative estimate of drug-likeness (QED) is 0.853. The predicted octanol–water partition coefficient (Wildman–Crippen LogP) is 2.15. The van der Waals surface area contributed by atoms with E-state index in [4.69, 9.17) is 4.74 Å². The lowest BCUT2D eigenvalue weighted by atomic mass is 10.2.